The lowest BCUT2D eigenvalue weighted by molar-refractivity contribution is 0.461. The highest BCUT2D eigenvalue weighted by Crippen LogP contribution is 2.30. The zero-order chi connectivity index (χ0) is 14.5. The molecule has 0 bridgehead atoms. The number of benzene rings is 1. The molecule has 1 aliphatic carbocycles. The van der Waals surface area contributed by atoms with Gasteiger partial charge in [0, 0.05) is 11.3 Å². The molecule has 1 heterocycles. The average Bonchev–Trinajstić information content (AvgIpc) is 3.00. The highest BCUT2D eigenvalue weighted by atomic mass is 32.2. The normalized spacial score (nSPS) is 23.0. The van der Waals surface area contributed by atoms with Crippen LogP contribution in [-0.4, -0.2) is 23.6 Å². The van der Waals surface area contributed by atoms with Crippen LogP contribution in [0.15, 0.2) is 18.2 Å². The van der Waals surface area contributed by atoms with Gasteiger partial charge in [-0.2, -0.15) is 11.8 Å². The molecule has 1 N–H and O–H groups in total. The molecular weight excluding hydrogens is 274 g/mol. The minimum atomic E-state index is 0.662. The fourth-order valence-electron chi connectivity index (χ4n) is 3.75. The second kappa shape index (κ2) is 7.69. The van der Waals surface area contributed by atoms with Crippen LogP contribution in [-0.2, 0) is 19.3 Å². The van der Waals surface area contributed by atoms with Crippen molar-refractivity contribution in [3.05, 3.63) is 34.9 Å². The molecular formula is C19H29NS. The molecule has 1 aromatic rings. The van der Waals surface area contributed by atoms with Crippen LogP contribution in [0.4, 0.5) is 0 Å². The average molecular weight is 304 g/mol. The smallest absolute Gasteiger partial charge is 0.0226 e. The molecule has 116 valence electrons. The van der Waals surface area contributed by atoms with E-state index in [4.69, 9.17) is 0 Å². The van der Waals surface area contributed by atoms with Gasteiger partial charge in [-0.15, -0.1) is 0 Å². The summed E-state index contributed by atoms with van der Waals surface area (Å²) in [6.45, 7) is 3.43. The third-order valence-electron chi connectivity index (χ3n) is 4.94. The van der Waals surface area contributed by atoms with Crippen molar-refractivity contribution in [2.24, 2.45) is 0 Å². The predicted octanol–water partition coefficient (Wildman–Crippen LogP) is 4.37. The Kier molecular flexibility index (Phi) is 5.65. The number of hydrogen-bond acceptors (Lipinski definition) is 2. The van der Waals surface area contributed by atoms with Crippen LogP contribution in [0.2, 0.25) is 0 Å². The first-order valence-corrected chi connectivity index (χ1v) is 9.87. The van der Waals surface area contributed by atoms with Crippen LogP contribution in [0.3, 0.4) is 0 Å². The minimum Gasteiger partial charge on any atom is -0.313 e. The molecule has 2 atom stereocenters. The minimum absolute atomic E-state index is 0.662. The summed E-state index contributed by atoms with van der Waals surface area (Å²) in [4.78, 5) is 0. The van der Waals surface area contributed by atoms with Gasteiger partial charge in [-0.3, -0.25) is 0 Å². The van der Waals surface area contributed by atoms with E-state index in [-0.39, 0.29) is 0 Å². The fraction of sp³-hybridized carbons (Fsp3) is 0.684. The van der Waals surface area contributed by atoms with Crippen molar-refractivity contribution in [3.63, 3.8) is 0 Å². The third-order valence-corrected chi connectivity index (χ3v) is 6.46. The maximum absolute atomic E-state index is 3.83. The Labute approximate surface area is 134 Å². The van der Waals surface area contributed by atoms with E-state index in [0.29, 0.717) is 6.04 Å². The number of thioether (sulfide) groups is 1. The van der Waals surface area contributed by atoms with Crippen LogP contribution in [0.25, 0.3) is 0 Å². The Bertz CT molecular complexity index is 451. The first-order valence-electron chi connectivity index (χ1n) is 8.82. The third kappa shape index (κ3) is 4.04. The number of rotatable bonds is 6. The van der Waals surface area contributed by atoms with Gasteiger partial charge in [0.15, 0.2) is 0 Å². The van der Waals surface area contributed by atoms with Crippen molar-refractivity contribution >= 4 is 11.8 Å². The Balaban J connectivity index is 1.67. The molecule has 1 fully saturated rings. The molecule has 0 saturated carbocycles. The van der Waals surface area contributed by atoms with E-state index < -0.39 is 0 Å². The lowest BCUT2D eigenvalue weighted by Gasteiger charge is -2.31. The summed E-state index contributed by atoms with van der Waals surface area (Å²) in [5, 5.41) is 4.65. The van der Waals surface area contributed by atoms with Gasteiger partial charge >= 0.3 is 0 Å². The fourth-order valence-corrected chi connectivity index (χ4v) is 5.19. The maximum atomic E-state index is 3.83. The topological polar surface area (TPSA) is 12.0 Å². The summed E-state index contributed by atoms with van der Waals surface area (Å²) in [6.07, 6.45) is 10.6. The summed E-state index contributed by atoms with van der Waals surface area (Å²) in [7, 11) is 0. The molecule has 3 rings (SSSR count). The van der Waals surface area contributed by atoms with Gasteiger partial charge in [0.25, 0.3) is 0 Å². The highest BCUT2D eigenvalue weighted by molar-refractivity contribution is 8.00. The summed E-state index contributed by atoms with van der Waals surface area (Å²) in [5.74, 6) is 1.36. The molecule has 1 nitrogen and oxygen atoms in total. The lowest BCUT2D eigenvalue weighted by Crippen LogP contribution is -2.41. The van der Waals surface area contributed by atoms with Crippen molar-refractivity contribution in [1.82, 2.24) is 5.32 Å². The van der Waals surface area contributed by atoms with Gasteiger partial charge < -0.3 is 5.32 Å². The van der Waals surface area contributed by atoms with E-state index in [0.717, 1.165) is 11.8 Å². The molecule has 0 spiro atoms. The molecule has 2 aliphatic rings. The van der Waals surface area contributed by atoms with E-state index in [2.05, 4.69) is 42.2 Å². The monoisotopic (exact) mass is 303 g/mol. The van der Waals surface area contributed by atoms with Gasteiger partial charge in [0.05, 0.1) is 0 Å². The molecule has 0 aromatic heterocycles. The molecule has 21 heavy (non-hydrogen) atoms. The van der Waals surface area contributed by atoms with Crippen LogP contribution in [0.5, 0.6) is 0 Å². The first kappa shape index (κ1) is 15.4. The SMILES string of the molecule is CCCNC(Cc1ccc2c(c1)CCC2)C1CCCCS1. The molecule has 1 aromatic carbocycles. The standard InChI is InChI=1S/C19H29NS/c1-2-11-20-18(19-8-3-4-12-21-19)14-15-9-10-16-6-5-7-17(16)13-15/h9-10,13,18-20H,2-8,11-12,14H2,1H3. The Hall–Kier alpha value is -0.470. The van der Waals surface area contributed by atoms with Crippen LogP contribution in [0.1, 0.15) is 55.7 Å². The van der Waals surface area contributed by atoms with Crippen molar-refractivity contribution in [1.29, 1.82) is 0 Å². The van der Waals surface area contributed by atoms with Crippen molar-refractivity contribution in [2.45, 2.75) is 69.6 Å². The van der Waals surface area contributed by atoms with Crippen LogP contribution in [0, 0.1) is 0 Å². The van der Waals surface area contributed by atoms with Gasteiger partial charge in [0.2, 0.25) is 0 Å². The molecule has 0 radical (unpaired) electrons. The summed E-state index contributed by atoms with van der Waals surface area (Å²) in [5.41, 5.74) is 4.78. The number of fused-ring (bicyclic) bond motifs is 1. The van der Waals surface area contributed by atoms with E-state index in [1.54, 1.807) is 16.7 Å². The second-order valence-electron chi connectivity index (χ2n) is 6.63. The lowest BCUT2D eigenvalue weighted by atomic mass is 9.97. The van der Waals surface area contributed by atoms with Crippen molar-refractivity contribution in [2.75, 3.05) is 12.3 Å². The van der Waals surface area contributed by atoms with Crippen LogP contribution < -0.4 is 5.32 Å². The van der Waals surface area contributed by atoms with Gasteiger partial charge in [-0.05, 0) is 73.9 Å². The van der Waals surface area contributed by atoms with Crippen LogP contribution >= 0.6 is 11.8 Å². The van der Waals surface area contributed by atoms with E-state index in [9.17, 15) is 0 Å². The summed E-state index contributed by atoms with van der Waals surface area (Å²) >= 11 is 2.20. The predicted molar refractivity (Wildman–Crippen MR) is 94.3 cm³/mol. The summed E-state index contributed by atoms with van der Waals surface area (Å²) in [6, 6.07) is 7.94. The number of aryl methyl sites for hydroxylation is 2. The van der Waals surface area contributed by atoms with Gasteiger partial charge in [0.1, 0.15) is 0 Å². The molecule has 1 saturated heterocycles. The molecule has 1 aliphatic heterocycles. The van der Waals surface area contributed by atoms with E-state index in [1.165, 1.54) is 57.1 Å². The molecule has 2 unspecified atom stereocenters. The quantitative estimate of drug-likeness (QED) is 0.837. The zero-order valence-electron chi connectivity index (χ0n) is 13.4. The largest absolute Gasteiger partial charge is 0.313 e. The Morgan fingerprint density at radius 3 is 2.90 bits per heavy atom. The number of nitrogens with one attached hydrogen (secondary N) is 1. The van der Waals surface area contributed by atoms with E-state index >= 15 is 0 Å². The number of hydrogen-bond donors (Lipinski definition) is 1. The Morgan fingerprint density at radius 2 is 2.10 bits per heavy atom. The molecule has 2 heteroatoms. The van der Waals surface area contributed by atoms with Crippen molar-refractivity contribution < 1.29 is 0 Å². The maximum Gasteiger partial charge on any atom is 0.0226 e. The molecule has 0 amide bonds. The second-order valence-corrected chi connectivity index (χ2v) is 7.97. The highest BCUT2D eigenvalue weighted by Gasteiger charge is 2.24. The first-order chi connectivity index (χ1) is 10.4. The van der Waals surface area contributed by atoms with Gasteiger partial charge in [-0.1, -0.05) is 31.5 Å². The van der Waals surface area contributed by atoms with E-state index in [1.807, 2.05) is 0 Å². The van der Waals surface area contributed by atoms with Gasteiger partial charge in [-0.25, -0.2) is 0 Å². The summed E-state index contributed by atoms with van der Waals surface area (Å²) < 4.78 is 0. The zero-order valence-corrected chi connectivity index (χ0v) is 14.2. The van der Waals surface area contributed by atoms with Crippen molar-refractivity contribution in [3.8, 4) is 0 Å². The Morgan fingerprint density at radius 1 is 1.19 bits per heavy atom.